The number of aromatic nitrogens is 2. The molecule has 0 aliphatic carbocycles. The summed E-state index contributed by atoms with van der Waals surface area (Å²) in [6.07, 6.45) is 5.38. The van der Waals surface area contributed by atoms with Crippen LogP contribution in [0.3, 0.4) is 0 Å². The number of benzene rings is 2. The molecule has 4 aromatic rings. The Morgan fingerprint density at radius 2 is 1.96 bits per heavy atom. The van der Waals surface area contributed by atoms with E-state index < -0.39 is 0 Å². The Balaban J connectivity index is 1.65. The van der Waals surface area contributed by atoms with Crippen molar-refractivity contribution in [3.8, 4) is 0 Å². The van der Waals surface area contributed by atoms with Crippen molar-refractivity contribution in [1.82, 2.24) is 8.96 Å². The van der Waals surface area contributed by atoms with Gasteiger partial charge in [-0.1, -0.05) is 41.4 Å². The van der Waals surface area contributed by atoms with Gasteiger partial charge in [0.15, 0.2) is 5.58 Å². The molecule has 5 nitrogen and oxygen atoms in total. The number of imidazole rings is 1. The van der Waals surface area contributed by atoms with Gasteiger partial charge in [0.25, 0.3) is 5.91 Å². The Hall–Kier alpha value is -2.41. The van der Waals surface area contributed by atoms with Crippen LogP contribution in [-0.4, -0.2) is 14.9 Å². The van der Waals surface area contributed by atoms with Gasteiger partial charge >= 0.3 is 0 Å². The van der Waals surface area contributed by atoms with Gasteiger partial charge in [-0.3, -0.25) is 8.77 Å². The molecule has 0 atom stereocenters. The standard InChI is InChI=1S/C20H15Cl2N3O2S/c1-12-14(10-28-25-9-8-23-11-25)13-4-2-7-17(19(13)27-12)24-20(26)18-15(21)5-3-6-16(18)22/h2-9,11H,10H2,1H3,(H,24,26). The Kier molecular flexibility index (Phi) is 5.35. The van der Waals surface area contributed by atoms with Crippen LogP contribution < -0.4 is 5.32 Å². The van der Waals surface area contributed by atoms with Gasteiger partial charge in [0, 0.05) is 29.1 Å². The summed E-state index contributed by atoms with van der Waals surface area (Å²) < 4.78 is 7.91. The molecule has 0 fully saturated rings. The van der Waals surface area contributed by atoms with Crippen molar-refractivity contribution >= 4 is 57.7 Å². The molecule has 28 heavy (non-hydrogen) atoms. The number of aryl methyl sites for hydroxylation is 1. The molecule has 0 unspecified atom stereocenters. The van der Waals surface area contributed by atoms with Crippen LogP contribution in [0.4, 0.5) is 5.69 Å². The number of nitrogens with one attached hydrogen (secondary N) is 1. The van der Waals surface area contributed by atoms with Crippen molar-refractivity contribution < 1.29 is 9.21 Å². The zero-order chi connectivity index (χ0) is 19.7. The molecular weight excluding hydrogens is 417 g/mol. The van der Waals surface area contributed by atoms with Crippen LogP contribution in [0.1, 0.15) is 21.7 Å². The second-order valence-corrected chi connectivity index (χ2v) is 7.85. The maximum absolute atomic E-state index is 12.7. The number of para-hydroxylation sites is 1. The zero-order valence-electron chi connectivity index (χ0n) is 14.8. The normalized spacial score (nSPS) is 11.1. The molecule has 142 valence electrons. The minimum absolute atomic E-state index is 0.238. The molecule has 2 heterocycles. The van der Waals surface area contributed by atoms with E-state index in [0.29, 0.717) is 27.1 Å². The number of hydrogen-bond donors (Lipinski definition) is 1. The molecular formula is C20H15Cl2N3O2S. The first-order chi connectivity index (χ1) is 13.5. The first-order valence-electron chi connectivity index (χ1n) is 8.42. The van der Waals surface area contributed by atoms with Crippen molar-refractivity contribution in [2.45, 2.75) is 12.7 Å². The molecule has 0 aliphatic heterocycles. The topological polar surface area (TPSA) is 60.1 Å². The molecule has 0 bridgehead atoms. The van der Waals surface area contributed by atoms with Crippen LogP contribution in [-0.2, 0) is 5.75 Å². The lowest BCUT2D eigenvalue weighted by Gasteiger charge is -2.09. The number of carbonyl (C=O) groups is 1. The summed E-state index contributed by atoms with van der Waals surface area (Å²) in [6, 6.07) is 10.6. The number of halogens is 2. The monoisotopic (exact) mass is 431 g/mol. The molecule has 2 aromatic carbocycles. The van der Waals surface area contributed by atoms with Gasteiger partial charge in [-0.2, -0.15) is 0 Å². The number of carbonyl (C=O) groups excluding carboxylic acids is 1. The van der Waals surface area contributed by atoms with E-state index in [2.05, 4.69) is 10.3 Å². The molecule has 0 saturated heterocycles. The van der Waals surface area contributed by atoms with Crippen molar-refractivity contribution in [1.29, 1.82) is 0 Å². The highest BCUT2D eigenvalue weighted by atomic mass is 35.5. The molecule has 4 rings (SSSR count). The minimum atomic E-state index is -0.383. The fourth-order valence-corrected chi connectivity index (χ4v) is 4.40. The van der Waals surface area contributed by atoms with Gasteiger partial charge in [-0.25, -0.2) is 4.98 Å². The fraction of sp³-hybridized carbons (Fsp3) is 0.100. The largest absolute Gasteiger partial charge is 0.459 e. The number of nitrogens with zero attached hydrogens (tertiary/aromatic N) is 2. The number of furan rings is 1. The average molecular weight is 432 g/mol. The van der Waals surface area contributed by atoms with Crippen LogP contribution in [0.5, 0.6) is 0 Å². The van der Waals surface area contributed by atoms with Crippen molar-refractivity contribution in [2.75, 3.05) is 5.32 Å². The predicted octanol–water partition coefficient (Wildman–Crippen LogP) is 6.19. The number of hydrogen-bond acceptors (Lipinski definition) is 4. The lowest BCUT2D eigenvalue weighted by Crippen LogP contribution is -2.13. The zero-order valence-corrected chi connectivity index (χ0v) is 17.1. The van der Waals surface area contributed by atoms with Crippen molar-refractivity contribution in [3.05, 3.63) is 82.1 Å². The number of amides is 1. The second-order valence-electron chi connectivity index (χ2n) is 6.07. The maximum atomic E-state index is 12.7. The van der Waals surface area contributed by atoms with E-state index in [9.17, 15) is 4.79 Å². The Morgan fingerprint density at radius 1 is 1.21 bits per heavy atom. The van der Waals surface area contributed by atoms with E-state index in [-0.39, 0.29) is 11.5 Å². The molecule has 0 aliphatic rings. The van der Waals surface area contributed by atoms with Gasteiger partial charge in [0.1, 0.15) is 12.1 Å². The summed E-state index contributed by atoms with van der Waals surface area (Å²) in [6.45, 7) is 1.92. The highest BCUT2D eigenvalue weighted by Crippen LogP contribution is 2.34. The Bertz CT molecular complexity index is 1140. The van der Waals surface area contributed by atoms with Crippen LogP contribution in [0.15, 0.2) is 59.5 Å². The first kappa shape index (κ1) is 18.9. The minimum Gasteiger partial charge on any atom is -0.459 e. The summed E-state index contributed by atoms with van der Waals surface area (Å²) in [4.78, 5) is 16.8. The fourth-order valence-electron chi connectivity index (χ4n) is 2.93. The van der Waals surface area contributed by atoms with E-state index in [1.54, 1.807) is 48.7 Å². The van der Waals surface area contributed by atoms with Crippen LogP contribution in [0, 0.1) is 6.92 Å². The van der Waals surface area contributed by atoms with Gasteiger partial charge in [0.05, 0.1) is 21.3 Å². The SMILES string of the molecule is Cc1oc2c(NC(=O)c3c(Cl)cccc3Cl)cccc2c1CSn1ccnc1. The summed E-state index contributed by atoms with van der Waals surface area (Å²) >= 11 is 13.9. The third kappa shape index (κ3) is 3.63. The number of anilines is 1. The predicted molar refractivity (Wildman–Crippen MR) is 114 cm³/mol. The summed E-state index contributed by atoms with van der Waals surface area (Å²) in [7, 11) is 0. The average Bonchev–Trinajstić information content (AvgIpc) is 3.28. The summed E-state index contributed by atoms with van der Waals surface area (Å²) in [5, 5.41) is 4.41. The third-order valence-corrected chi connectivity index (χ3v) is 5.86. The molecule has 1 amide bonds. The summed E-state index contributed by atoms with van der Waals surface area (Å²) in [5.41, 5.74) is 2.50. The van der Waals surface area contributed by atoms with Crippen molar-refractivity contribution in [2.24, 2.45) is 0 Å². The van der Waals surface area contributed by atoms with Crippen LogP contribution in [0.25, 0.3) is 11.0 Å². The van der Waals surface area contributed by atoms with E-state index in [4.69, 9.17) is 27.6 Å². The molecule has 8 heteroatoms. The molecule has 0 spiro atoms. The van der Waals surface area contributed by atoms with E-state index in [1.807, 2.05) is 29.2 Å². The molecule has 0 saturated carbocycles. The van der Waals surface area contributed by atoms with Crippen molar-refractivity contribution in [3.63, 3.8) is 0 Å². The van der Waals surface area contributed by atoms with Crippen LogP contribution in [0.2, 0.25) is 10.0 Å². The molecule has 2 aromatic heterocycles. The Labute approximate surface area is 175 Å². The number of rotatable bonds is 5. The van der Waals surface area contributed by atoms with E-state index >= 15 is 0 Å². The first-order valence-corrected chi connectivity index (χ1v) is 10.1. The van der Waals surface area contributed by atoms with Gasteiger partial charge < -0.3 is 9.73 Å². The molecule has 0 radical (unpaired) electrons. The summed E-state index contributed by atoms with van der Waals surface area (Å²) in [5.74, 6) is 1.13. The maximum Gasteiger partial charge on any atom is 0.258 e. The number of fused-ring (bicyclic) bond motifs is 1. The van der Waals surface area contributed by atoms with E-state index in [0.717, 1.165) is 16.7 Å². The second kappa shape index (κ2) is 7.91. The lowest BCUT2D eigenvalue weighted by atomic mass is 10.1. The van der Waals surface area contributed by atoms with Gasteiger partial charge in [-0.15, -0.1) is 0 Å². The quantitative estimate of drug-likeness (QED) is 0.408. The lowest BCUT2D eigenvalue weighted by molar-refractivity contribution is 0.102. The third-order valence-electron chi connectivity index (χ3n) is 4.30. The van der Waals surface area contributed by atoms with E-state index in [1.165, 1.54) is 0 Å². The molecule has 1 N–H and O–H groups in total. The smallest absolute Gasteiger partial charge is 0.258 e. The van der Waals surface area contributed by atoms with Gasteiger partial charge in [-0.05, 0) is 37.1 Å². The van der Waals surface area contributed by atoms with Crippen LogP contribution >= 0.6 is 35.1 Å². The highest BCUT2D eigenvalue weighted by Gasteiger charge is 2.19. The Morgan fingerprint density at radius 3 is 2.68 bits per heavy atom. The van der Waals surface area contributed by atoms with Gasteiger partial charge in [0.2, 0.25) is 0 Å². The highest BCUT2D eigenvalue weighted by molar-refractivity contribution is 7.97.